The summed E-state index contributed by atoms with van der Waals surface area (Å²) in [5, 5.41) is 5.73. The highest BCUT2D eigenvalue weighted by Crippen LogP contribution is 2.29. The van der Waals surface area contributed by atoms with Gasteiger partial charge in [-0.15, -0.1) is 0 Å². The first kappa shape index (κ1) is 24.6. The molecular weight excluding hydrogens is 452 g/mol. The highest BCUT2D eigenvalue weighted by Gasteiger charge is 2.20. The minimum absolute atomic E-state index is 0.232. The van der Waals surface area contributed by atoms with Crippen molar-refractivity contribution in [3.63, 3.8) is 0 Å². The van der Waals surface area contributed by atoms with Crippen LogP contribution in [0.25, 0.3) is 16.8 Å². The van der Waals surface area contributed by atoms with Crippen molar-refractivity contribution in [1.29, 1.82) is 0 Å². The number of nitrogens with zero attached hydrogens (tertiary/aromatic N) is 4. The van der Waals surface area contributed by atoms with Gasteiger partial charge in [-0.2, -0.15) is 0 Å². The summed E-state index contributed by atoms with van der Waals surface area (Å²) >= 11 is 0. The van der Waals surface area contributed by atoms with Crippen LogP contribution >= 0.6 is 0 Å². The molecule has 4 rings (SSSR count). The molecule has 0 aliphatic carbocycles. The molecule has 0 saturated carbocycles. The molecule has 0 spiro atoms. The number of carbonyl (C=O) groups excluding carboxylic acids is 2. The number of hydrogen-bond donors (Lipinski definition) is 2. The summed E-state index contributed by atoms with van der Waals surface area (Å²) in [5.74, 6) is 5.70. The minimum Gasteiger partial charge on any atom is -0.336 e. The molecule has 0 aliphatic rings. The van der Waals surface area contributed by atoms with Gasteiger partial charge in [0.05, 0.1) is 22.9 Å². The number of aryl methyl sites for hydroxylation is 2. The van der Waals surface area contributed by atoms with Crippen LogP contribution < -0.4 is 10.6 Å². The van der Waals surface area contributed by atoms with Crippen molar-refractivity contribution < 1.29 is 9.59 Å². The lowest BCUT2D eigenvalue weighted by Gasteiger charge is -2.10. The summed E-state index contributed by atoms with van der Waals surface area (Å²) in [5.41, 5.74) is 4.85. The van der Waals surface area contributed by atoms with E-state index in [0.29, 0.717) is 17.2 Å². The maximum atomic E-state index is 12.8. The Kier molecular flexibility index (Phi) is 7.40. The molecule has 182 valence electrons. The molecule has 4 aromatic rings. The van der Waals surface area contributed by atoms with Gasteiger partial charge in [0.15, 0.2) is 0 Å². The summed E-state index contributed by atoms with van der Waals surface area (Å²) in [7, 11) is 0. The Morgan fingerprint density at radius 1 is 1.11 bits per heavy atom. The first-order valence-electron chi connectivity index (χ1n) is 11.8. The monoisotopic (exact) mass is 480 g/mol. The molecule has 1 atom stereocenters. The van der Waals surface area contributed by atoms with E-state index in [0.717, 1.165) is 40.9 Å². The fraction of sp³-hybridized carbons (Fsp3) is 0.250. The molecule has 0 bridgehead atoms. The molecule has 3 heterocycles. The standard InChI is InChI=1S/C28H28N6O2/c1-5-7-20-13-14-30-23(17-20)32-28(36)22-11-9-21(10-12-22)25-26-18(3)29-15-16-34(26)27(33-25)19(4)31-24(35)8-6-2/h9-17,19H,5,7H2,1-4H3,(H,31,35)(H,30,32,36)/t19-/m0/s1. The van der Waals surface area contributed by atoms with Gasteiger partial charge in [-0.1, -0.05) is 31.4 Å². The van der Waals surface area contributed by atoms with Crippen LogP contribution in [0.5, 0.6) is 0 Å². The number of hydrogen-bond acceptors (Lipinski definition) is 5. The summed E-state index contributed by atoms with van der Waals surface area (Å²) in [6.45, 7) is 7.51. The van der Waals surface area contributed by atoms with E-state index in [4.69, 9.17) is 4.98 Å². The molecule has 0 aliphatic heterocycles. The number of imidazole rings is 1. The zero-order valence-electron chi connectivity index (χ0n) is 20.8. The van der Waals surface area contributed by atoms with Gasteiger partial charge in [-0.05, 0) is 62.9 Å². The Balaban J connectivity index is 1.62. The second kappa shape index (κ2) is 10.8. The summed E-state index contributed by atoms with van der Waals surface area (Å²) in [6, 6.07) is 10.7. The van der Waals surface area contributed by atoms with Crippen molar-refractivity contribution in [2.24, 2.45) is 0 Å². The third kappa shape index (κ3) is 5.26. The van der Waals surface area contributed by atoms with Crippen LogP contribution in [-0.2, 0) is 11.2 Å². The van der Waals surface area contributed by atoms with Crippen LogP contribution in [0.3, 0.4) is 0 Å². The lowest BCUT2D eigenvalue weighted by atomic mass is 10.1. The molecular formula is C28H28N6O2. The summed E-state index contributed by atoms with van der Waals surface area (Å²) in [4.78, 5) is 38.4. The normalized spacial score (nSPS) is 11.4. The van der Waals surface area contributed by atoms with E-state index in [1.54, 1.807) is 31.5 Å². The van der Waals surface area contributed by atoms with Gasteiger partial charge < -0.3 is 10.6 Å². The van der Waals surface area contributed by atoms with Gasteiger partial charge in [0.1, 0.15) is 11.6 Å². The van der Waals surface area contributed by atoms with Crippen molar-refractivity contribution in [2.75, 3.05) is 5.32 Å². The largest absolute Gasteiger partial charge is 0.336 e. The van der Waals surface area contributed by atoms with Gasteiger partial charge in [-0.3, -0.25) is 19.0 Å². The van der Waals surface area contributed by atoms with Crippen molar-refractivity contribution in [2.45, 2.75) is 46.6 Å². The molecule has 0 fully saturated rings. The summed E-state index contributed by atoms with van der Waals surface area (Å²) < 4.78 is 1.93. The van der Waals surface area contributed by atoms with Crippen LogP contribution in [0.1, 0.15) is 60.7 Å². The Hall–Kier alpha value is -4.51. The van der Waals surface area contributed by atoms with E-state index in [2.05, 4.69) is 39.4 Å². The number of carbonyl (C=O) groups is 2. The van der Waals surface area contributed by atoms with Gasteiger partial charge >= 0.3 is 0 Å². The number of fused-ring (bicyclic) bond motifs is 1. The van der Waals surface area contributed by atoms with E-state index in [1.165, 1.54) is 0 Å². The molecule has 2 amide bonds. The zero-order chi connectivity index (χ0) is 25.7. The van der Waals surface area contributed by atoms with Gasteiger partial charge in [0, 0.05) is 29.7 Å². The molecule has 2 N–H and O–H groups in total. The van der Waals surface area contributed by atoms with Gasteiger partial charge in [0.25, 0.3) is 11.8 Å². The van der Waals surface area contributed by atoms with Crippen LogP contribution in [0.15, 0.2) is 55.0 Å². The van der Waals surface area contributed by atoms with E-state index >= 15 is 0 Å². The van der Waals surface area contributed by atoms with Crippen LogP contribution in [0.2, 0.25) is 0 Å². The van der Waals surface area contributed by atoms with Crippen molar-refractivity contribution in [3.8, 4) is 23.1 Å². The maximum absolute atomic E-state index is 12.8. The maximum Gasteiger partial charge on any atom is 0.296 e. The van der Waals surface area contributed by atoms with Gasteiger partial charge in [0.2, 0.25) is 0 Å². The first-order valence-corrected chi connectivity index (χ1v) is 11.8. The smallest absolute Gasteiger partial charge is 0.296 e. The molecule has 3 aromatic heterocycles. The Morgan fingerprint density at radius 3 is 2.61 bits per heavy atom. The lowest BCUT2D eigenvalue weighted by Crippen LogP contribution is -2.26. The number of benzene rings is 1. The first-order chi connectivity index (χ1) is 17.4. The third-order valence-electron chi connectivity index (χ3n) is 5.76. The number of nitrogens with one attached hydrogen (secondary N) is 2. The number of rotatable bonds is 7. The average molecular weight is 481 g/mol. The van der Waals surface area contributed by atoms with Crippen molar-refractivity contribution >= 4 is 23.1 Å². The minimum atomic E-state index is -0.373. The zero-order valence-corrected chi connectivity index (χ0v) is 20.8. The average Bonchev–Trinajstić information content (AvgIpc) is 3.26. The van der Waals surface area contributed by atoms with Crippen molar-refractivity contribution in [3.05, 3.63) is 77.6 Å². The third-order valence-corrected chi connectivity index (χ3v) is 5.76. The Bertz CT molecular complexity index is 1480. The molecule has 0 unspecified atom stereocenters. The van der Waals surface area contributed by atoms with E-state index < -0.39 is 0 Å². The fourth-order valence-electron chi connectivity index (χ4n) is 4.09. The van der Waals surface area contributed by atoms with Gasteiger partial charge in [-0.25, -0.2) is 9.97 Å². The predicted molar refractivity (Wildman–Crippen MR) is 139 cm³/mol. The quantitative estimate of drug-likeness (QED) is 0.379. The number of amides is 2. The van der Waals surface area contributed by atoms with Crippen molar-refractivity contribution in [1.82, 2.24) is 24.7 Å². The van der Waals surface area contributed by atoms with E-state index in [9.17, 15) is 9.59 Å². The number of aromatic nitrogens is 4. The molecule has 8 nitrogen and oxygen atoms in total. The molecule has 1 aromatic carbocycles. The second-order valence-electron chi connectivity index (χ2n) is 8.45. The van der Waals surface area contributed by atoms with Crippen LogP contribution in [-0.4, -0.2) is 31.2 Å². The molecule has 36 heavy (non-hydrogen) atoms. The molecule has 0 saturated heterocycles. The Morgan fingerprint density at radius 2 is 1.89 bits per heavy atom. The SMILES string of the molecule is CC#CC(=O)N[C@@H](C)c1nc(-c2ccc(C(=O)Nc3cc(CCC)ccn3)cc2)c2c(C)nccn12. The second-order valence-corrected chi connectivity index (χ2v) is 8.45. The van der Waals surface area contributed by atoms with E-state index in [1.807, 2.05) is 48.7 Å². The van der Waals surface area contributed by atoms with Crippen LogP contribution in [0.4, 0.5) is 5.82 Å². The molecule has 8 heteroatoms. The molecule has 0 radical (unpaired) electrons. The predicted octanol–water partition coefficient (Wildman–Crippen LogP) is 4.51. The van der Waals surface area contributed by atoms with Crippen LogP contribution in [0, 0.1) is 18.8 Å². The highest BCUT2D eigenvalue weighted by molar-refractivity contribution is 6.04. The fourth-order valence-corrected chi connectivity index (χ4v) is 4.09. The number of pyridine rings is 1. The number of anilines is 1. The Labute approximate surface area is 210 Å². The lowest BCUT2D eigenvalue weighted by molar-refractivity contribution is -0.116. The topological polar surface area (TPSA) is 101 Å². The van der Waals surface area contributed by atoms with E-state index in [-0.39, 0.29) is 17.9 Å². The summed E-state index contributed by atoms with van der Waals surface area (Å²) in [6.07, 6.45) is 7.19. The highest BCUT2D eigenvalue weighted by atomic mass is 16.2.